The summed E-state index contributed by atoms with van der Waals surface area (Å²) in [6, 6.07) is 22.8. The van der Waals surface area contributed by atoms with E-state index in [-0.39, 0.29) is 11.7 Å². The van der Waals surface area contributed by atoms with Gasteiger partial charge < -0.3 is 5.32 Å². The van der Waals surface area contributed by atoms with Gasteiger partial charge in [-0.05, 0) is 23.3 Å². The molecule has 0 fully saturated rings. The Morgan fingerprint density at radius 1 is 1.08 bits per heavy atom. The fourth-order valence-corrected chi connectivity index (χ4v) is 5.57. The molecule has 5 rings (SSSR count). The van der Waals surface area contributed by atoms with E-state index in [0.29, 0.717) is 16.8 Å². The van der Waals surface area contributed by atoms with Crippen LogP contribution in [0.3, 0.4) is 0 Å². The monoisotopic (exact) mass is 511 g/mol. The predicted octanol–water partition coefficient (Wildman–Crippen LogP) is 6.37. The van der Waals surface area contributed by atoms with Crippen LogP contribution in [0.1, 0.15) is 16.0 Å². The second-order valence-corrected chi connectivity index (χ2v) is 10.4. The van der Waals surface area contributed by atoms with Crippen molar-refractivity contribution in [1.82, 2.24) is 19.7 Å². The van der Waals surface area contributed by atoms with Crippen molar-refractivity contribution >= 4 is 44.9 Å². The zero-order chi connectivity index (χ0) is 24.9. The number of aromatic nitrogens is 4. The number of thiazole rings is 1. The summed E-state index contributed by atoms with van der Waals surface area (Å²) in [5, 5.41) is 15.3. The number of carbonyl (C=O) groups excluding carboxylic acids is 1. The highest BCUT2D eigenvalue weighted by Crippen LogP contribution is 2.27. The van der Waals surface area contributed by atoms with Crippen LogP contribution in [-0.2, 0) is 17.8 Å². The van der Waals surface area contributed by atoms with E-state index >= 15 is 0 Å². The molecule has 2 aromatic heterocycles. The van der Waals surface area contributed by atoms with Crippen LogP contribution in [0.25, 0.3) is 22.2 Å². The minimum atomic E-state index is -0.129. The number of anilines is 1. The molecule has 0 radical (unpaired) electrons. The first kappa shape index (κ1) is 24.0. The van der Waals surface area contributed by atoms with Gasteiger partial charge in [0.05, 0.1) is 5.75 Å². The van der Waals surface area contributed by atoms with Crippen LogP contribution in [-0.4, -0.2) is 31.4 Å². The third kappa shape index (κ3) is 5.40. The highest BCUT2D eigenvalue weighted by atomic mass is 32.2. The quantitative estimate of drug-likeness (QED) is 0.184. The summed E-state index contributed by atoms with van der Waals surface area (Å²) in [5.74, 6) is 0.841. The lowest BCUT2D eigenvalue weighted by atomic mass is 10.0. The van der Waals surface area contributed by atoms with Crippen molar-refractivity contribution in [1.29, 1.82) is 0 Å². The molecule has 0 atom stereocenters. The molecule has 1 amide bonds. The topological polar surface area (TPSA) is 72.7 Å². The first-order valence-electron chi connectivity index (χ1n) is 11.6. The molecule has 1 N–H and O–H groups in total. The molecule has 36 heavy (non-hydrogen) atoms. The van der Waals surface area contributed by atoms with Crippen LogP contribution in [0.15, 0.2) is 90.7 Å². The molecule has 0 aliphatic rings. The zero-order valence-corrected chi connectivity index (χ0v) is 21.5. The van der Waals surface area contributed by atoms with Gasteiger partial charge in [-0.25, -0.2) is 4.98 Å². The van der Waals surface area contributed by atoms with Gasteiger partial charge in [0.1, 0.15) is 0 Å². The number of fused-ring (bicyclic) bond motifs is 1. The Labute approximate surface area is 218 Å². The lowest BCUT2D eigenvalue weighted by molar-refractivity contribution is -0.113. The molecule has 0 saturated heterocycles. The van der Waals surface area contributed by atoms with E-state index in [0.717, 1.165) is 22.7 Å². The molecule has 180 valence electrons. The SMILES string of the molecule is C=CCn1c(SCC(=O)Nc2ncc(Cc3cccc4ccccc34)s2)nnc1-c1ccc(C)cc1. The number of thioether (sulfide) groups is 1. The van der Waals surface area contributed by atoms with Crippen LogP contribution in [0, 0.1) is 6.92 Å². The fourth-order valence-electron chi connectivity index (χ4n) is 3.97. The summed E-state index contributed by atoms with van der Waals surface area (Å²) in [4.78, 5) is 18.2. The van der Waals surface area contributed by atoms with Gasteiger partial charge in [0.15, 0.2) is 16.1 Å². The van der Waals surface area contributed by atoms with E-state index in [9.17, 15) is 4.79 Å². The van der Waals surface area contributed by atoms with Crippen LogP contribution in [0.4, 0.5) is 5.13 Å². The lowest BCUT2D eigenvalue weighted by Crippen LogP contribution is -2.14. The summed E-state index contributed by atoms with van der Waals surface area (Å²) in [6.45, 7) is 6.46. The first-order chi connectivity index (χ1) is 17.6. The molecule has 0 unspecified atom stereocenters. The van der Waals surface area contributed by atoms with Gasteiger partial charge in [-0.3, -0.25) is 9.36 Å². The van der Waals surface area contributed by atoms with Gasteiger partial charge >= 0.3 is 0 Å². The largest absolute Gasteiger partial charge is 0.301 e. The molecule has 0 saturated carbocycles. The van der Waals surface area contributed by atoms with Crippen LogP contribution < -0.4 is 5.32 Å². The van der Waals surface area contributed by atoms with E-state index in [1.807, 2.05) is 48.0 Å². The zero-order valence-electron chi connectivity index (χ0n) is 19.8. The van der Waals surface area contributed by atoms with Crippen molar-refractivity contribution in [3.05, 3.63) is 102 Å². The average molecular weight is 512 g/mol. The van der Waals surface area contributed by atoms with Crippen LogP contribution in [0.5, 0.6) is 0 Å². The summed E-state index contributed by atoms with van der Waals surface area (Å²) in [6.07, 6.45) is 4.41. The molecule has 6 nitrogen and oxygen atoms in total. The molecular formula is C28H25N5OS2. The Morgan fingerprint density at radius 2 is 1.89 bits per heavy atom. The molecule has 0 aliphatic heterocycles. The Bertz CT molecular complexity index is 1520. The number of carbonyl (C=O) groups is 1. The maximum atomic E-state index is 12.7. The van der Waals surface area contributed by atoms with E-state index in [1.165, 1.54) is 45.0 Å². The van der Waals surface area contributed by atoms with Crippen molar-refractivity contribution < 1.29 is 4.79 Å². The highest BCUT2D eigenvalue weighted by molar-refractivity contribution is 7.99. The van der Waals surface area contributed by atoms with Gasteiger partial charge in [0.25, 0.3) is 0 Å². The number of amides is 1. The van der Waals surface area contributed by atoms with Crippen molar-refractivity contribution in [2.75, 3.05) is 11.1 Å². The van der Waals surface area contributed by atoms with Gasteiger partial charge in [-0.2, -0.15) is 0 Å². The standard InChI is InChI=1S/C28H25N5OS2/c1-3-15-33-26(21-13-11-19(2)12-14-21)31-32-28(33)35-18-25(34)30-27-29-17-23(36-27)16-22-9-6-8-20-7-4-5-10-24(20)22/h3-14,17H,1,15-16,18H2,2H3,(H,29,30,34). The number of rotatable bonds is 9. The number of benzene rings is 3. The molecule has 3 aromatic carbocycles. The van der Waals surface area contributed by atoms with Gasteiger partial charge in [0.2, 0.25) is 5.91 Å². The number of allylic oxidation sites excluding steroid dienone is 1. The van der Waals surface area contributed by atoms with Crippen LogP contribution >= 0.6 is 23.1 Å². The van der Waals surface area contributed by atoms with Gasteiger partial charge in [0, 0.05) is 29.6 Å². The van der Waals surface area contributed by atoms with E-state index in [2.05, 4.69) is 63.5 Å². The summed E-state index contributed by atoms with van der Waals surface area (Å²) < 4.78 is 1.97. The Kier molecular flexibility index (Phi) is 7.25. The minimum Gasteiger partial charge on any atom is -0.301 e. The smallest absolute Gasteiger partial charge is 0.236 e. The number of nitrogens with one attached hydrogen (secondary N) is 1. The molecule has 8 heteroatoms. The van der Waals surface area contributed by atoms with Gasteiger partial charge in [-0.15, -0.1) is 28.1 Å². The second-order valence-electron chi connectivity index (χ2n) is 8.36. The average Bonchev–Trinajstić information content (AvgIpc) is 3.50. The van der Waals surface area contributed by atoms with Gasteiger partial charge in [-0.1, -0.05) is 90.1 Å². The fraction of sp³-hybridized carbons (Fsp3) is 0.143. The van der Waals surface area contributed by atoms with E-state index in [4.69, 9.17) is 0 Å². The molecule has 0 spiro atoms. The summed E-state index contributed by atoms with van der Waals surface area (Å²) in [5.41, 5.74) is 3.41. The van der Waals surface area contributed by atoms with Crippen molar-refractivity contribution in [2.24, 2.45) is 0 Å². The highest BCUT2D eigenvalue weighted by Gasteiger charge is 2.16. The first-order valence-corrected chi connectivity index (χ1v) is 13.4. The number of hydrogen-bond donors (Lipinski definition) is 1. The normalized spacial score (nSPS) is 11.0. The Morgan fingerprint density at radius 3 is 2.72 bits per heavy atom. The molecular weight excluding hydrogens is 486 g/mol. The summed E-state index contributed by atoms with van der Waals surface area (Å²) in [7, 11) is 0. The molecule has 0 bridgehead atoms. The number of nitrogens with zero attached hydrogens (tertiary/aromatic N) is 4. The van der Waals surface area contributed by atoms with E-state index in [1.54, 1.807) is 6.08 Å². The maximum absolute atomic E-state index is 12.7. The molecule has 2 heterocycles. The molecule has 5 aromatic rings. The van der Waals surface area contributed by atoms with Crippen molar-refractivity contribution in [3.63, 3.8) is 0 Å². The number of hydrogen-bond acceptors (Lipinski definition) is 6. The minimum absolute atomic E-state index is 0.129. The second kappa shape index (κ2) is 10.9. The molecule has 0 aliphatic carbocycles. The van der Waals surface area contributed by atoms with Crippen LogP contribution in [0.2, 0.25) is 0 Å². The lowest BCUT2D eigenvalue weighted by Gasteiger charge is -2.08. The number of aryl methyl sites for hydroxylation is 1. The van der Waals surface area contributed by atoms with E-state index < -0.39 is 0 Å². The maximum Gasteiger partial charge on any atom is 0.236 e. The predicted molar refractivity (Wildman–Crippen MR) is 149 cm³/mol. The summed E-state index contributed by atoms with van der Waals surface area (Å²) >= 11 is 2.85. The third-order valence-corrected chi connectivity index (χ3v) is 7.59. The van der Waals surface area contributed by atoms with Crippen molar-refractivity contribution in [2.45, 2.75) is 25.0 Å². The van der Waals surface area contributed by atoms with Crippen molar-refractivity contribution in [3.8, 4) is 11.4 Å². The third-order valence-electron chi connectivity index (χ3n) is 5.72. The Balaban J connectivity index is 1.23. The Hall–Kier alpha value is -3.75.